The lowest BCUT2D eigenvalue weighted by Gasteiger charge is -2.03. The number of aromatic nitrogens is 3. The van der Waals surface area contributed by atoms with Gasteiger partial charge in [0.2, 0.25) is 0 Å². The number of aryl methyl sites for hydroxylation is 1. The quantitative estimate of drug-likeness (QED) is 0.948. The van der Waals surface area contributed by atoms with Crippen LogP contribution in [0.4, 0.5) is 0 Å². The van der Waals surface area contributed by atoms with Gasteiger partial charge in [0.25, 0.3) is 5.56 Å². The Bertz CT molecular complexity index is 535. The average molecular weight is 300 g/mol. The van der Waals surface area contributed by atoms with E-state index in [4.69, 9.17) is 0 Å². The molecule has 0 aliphatic carbocycles. The zero-order chi connectivity index (χ0) is 11.5. The van der Waals surface area contributed by atoms with Gasteiger partial charge in [-0.3, -0.25) is 4.79 Å². The second-order valence-electron chi connectivity index (χ2n) is 3.26. The van der Waals surface area contributed by atoms with Gasteiger partial charge < -0.3 is 4.98 Å². The van der Waals surface area contributed by atoms with Crippen molar-refractivity contribution >= 4 is 27.3 Å². The van der Waals surface area contributed by atoms with Gasteiger partial charge in [0.1, 0.15) is 4.47 Å². The van der Waals surface area contributed by atoms with Gasteiger partial charge in [-0.25, -0.2) is 9.97 Å². The van der Waals surface area contributed by atoms with Crippen LogP contribution in [0.2, 0.25) is 0 Å². The Morgan fingerprint density at radius 2 is 2.38 bits per heavy atom. The zero-order valence-electron chi connectivity index (χ0n) is 8.66. The van der Waals surface area contributed by atoms with Gasteiger partial charge in [0.05, 0.1) is 5.69 Å². The molecule has 0 spiro atoms. The summed E-state index contributed by atoms with van der Waals surface area (Å²) >= 11 is 4.71. The maximum Gasteiger partial charge on any atom is 0.265 e. The predicted octanol–water partition coefficient (Wildman–Crippen LogP) is 2.61. The minimum absolute atomic E-state index is 0.149. The molecule has 0 radical (unpaired) electrons. The number of aromatic amines is 1. The summed E-state index contributed by atoms with van der Waals surface area (Å²) in [5.74, 6) is 0.548. The molecule has 0 bridgehead atoms. The van der Waals surface area contributed by atoms with Crippen LogP contribution in [-0.4, -0.2) is 15.0 Å². The molecule has 1 N–H and O–H groups in total. The van der Waals surface area contributed by atoms with E-state index in [-0.39, 0.29) is 5.56 Å². The van der Waals surface area contributed by atoms with Crippen molar-refractivity contribution in [2.24, 2.45) is 0 Å². The third kappa shape index (κ3) is 2.22. The summed E-state index contributed by atoms with van der Waals surface area (Å²) in [6.07, 6.45) is 3.43. The van der Waals surface area contributed by atoms with Crippen LogP contribution in [-0.2, 0) is 6.42 Å². The molecule has 0 atom stereocenters. The van der Waals surface area contributed by atoms with Gasteiger partial charge in [-0.15, -0.1) is 11.3 Å². The number of nitrogens with one attached hydrogen (secondary N) is 1. The van der Waals surface area contributed by atoms with Crippen LogP contribution < -0.4 is 5.56 Å². The Hall–Kier alpha value is -1.01. The number of rotatable bonds is 3. The highest BCUT2D eigenvalue weighted by atomic mass is 79.9. The Labute approximate surface area is 105 Å². The van der Waals surface area contributed by atoms with Crippen LogP contribution in [0.25, 0.3) is 10.8 Å². The third-order valence-electron chi connectivity index (χ3n) is 2.05. The SMILES string of the molecule is CCCc1nc(-c2nccs2)[nH]c(=O)c1Br. The number of nitrogens with zero attached hydrogens (tertiary/aromatic N) is 2. The van der Waals surface area contributed by atoms with E-state index in [9.17, 15) is 4.79 Å². The molecule has 2 aromatic rings. The van der Waals surface area contributed by atoms with Crippen molar-refractivity contribution < 1.29 is 0 Å². The van der Waals surface area contributed by atoms with Gasteiger partial charge in [-0.05, 0) is 22.4 Å². The Morgan fingerprint density at radius 1 is 1.56 bits per heavy atom. The summed E-state index contributed by atoms with van der Waals surface area (Å²) in [6, 6.07) is 0. The molecule has 2 aromatic heterocycles. The second kappa shape index (κ2) is 4.88. The molecule has 84 valence electrons. The number of thiazole rings is 1. The number of hydrogen-bond acceptors (Lipinski definition) is 4. The lowest BCUT2D eigenvalue weighted by Crippen LogP contribution is -2.13. The smallest absolute Gasteiger partial charge is 0.265 e. The van der Waals surface area contributed by atoms with E-state index >= 15 is 0 Å². The maximum absolute atomic E-state index is 11.7. The summed E-state index contributed by atoms with van der Waals surface area (Å²) in [5.41, 5.74) is 0.639. The van der Waals surface area contributed by atoms with Gasteiger partial charge in [-0.1, -0.05) is 13.3 Å². The summed E-state index contributed by atoms with van der Waals surface area (Å²) < 4.78 is 0.523. The largest absolute Gasteiger partial charge is 0.304 e. The molecule has 0 aliphatic rings. The van der Waals surface area contributed by atoms with Crippen molar-refractivity contribution in [2.45, 2.75) is 19.8 Å². The molecule has 0 aromatic carbocycles. The highest BCUT2D eigenvalue weighted by Gasteiger charge is 2.10. The van der Waals surface area contributed by atoms with Crippen molar-refractivity contribution in [3.05, 3.63) is 32.1 Å². The van der Waals surface area contributed by atoms with E-state index in [1.165, 1.54) is 11.3 Å². The first kappa shape index (κ1) is 11.5. The summed E-state index contributed by atoms with van der Waals surface area (Å²) in [4.78, 5) is 22.9. The average Bonchev–Trinajstić information content (AvgIpc) is 2.78. The van der Waals surface area contributed by atoms with E-state index in [0.717, 1.165) is 23.5 Å². The van der Waals surface area contributed by atoms with Crippen LogP contribution in [0, 0.1) is 0 Å². The fraction of sp³-hybridized carbons (Fsp3) is 0.300. The fourth-order valence-corrected chi connectivity index (χ4v) is 2.32. The van der Waals surface area contributed by atoms with Crippen LogP contribution in [0.3, 0.4) is 0 Å². The van der Waals surface area contributed by atoms with E-state index in [0.29, 0.717) is 10.3 Å². The Kier molecular flexibility index (Phi) is 3.50. The van der Waals surface area contributed by atoms with Crippen LogP contribution in [0.15, 0.2) is 20.8 Å². The maximum atomic E-state index is 11.7. The molecular formula is C10H10BrN3OS. The lowest BCUT2D eigenvalue weighted by molar-refractivity contribution is 0.860. The summed E-state index contributed by atoms with van der Waals surface area (Å²) in [6.45, 7) is 2.05. The highest BCUT2D eigenvalue weighted by molar-refractivity contribution is 9.10. The molecule has 4 nitrogen and oxygen atoms in total. The monoisotopic (exact) mass is 299 g/mol. The molecule has 0 saturated carbocycles. The molecule has 6 heteroatoms. The van der Waals surface area contributed by atoms with Crippen molar-refractivity contribution in [2.75, 3.05) is 0 Å². The van der Waals surface area contributed by atoms with Gasteiger partial charge in [-0.2, -0.15) is 0 Å². The molecule has 0 fully saturated rings. The van der Waals surface area contributed by atoms with E-state index in [1.54, 1.807) is 6.20 Å². The molecule has 0 saturated heterocycles. The second-order valence-corrected chi connectivity index (χ2v) is 4.95. The van der Waals surface area contributed by atoms with Crippen LogP contribution in [0.5, 0.6) is 0 Å². The standard InChI is InChI=1S/C10H10BrN3OS/c1-2-3-6-7(11)9(15)14-8(13-6)10-12-4-5-16-10/h4-5H,2-3H2,1H3,(H,13,14,15). The first-order chi connectivity index (χ1) is 7.72. The minimum atomic E-state index is -0.149. The van der Waals surface area contributed by atoms with Gasteiger partial charge in [0, 0.05) is 11.6 Å². The van der Waals surface area contributed by atoms with Crippen molar-refractivity contribution in [3.63, 3.8) is 0 Å². The minimum Gasteiger partial charge on any atom is -0.304 e. The van der Waals surface area contributed by atoms with Gasteiger partial charge >= 0.3 is 0 Å². The third-order valence-corrected chi connectivity index (χ3v) is 3.65. The molecule has 2 rings (SSSR count). The molecule has 16 heavy (non-hydrogen) atoms. The number of hydrogen-bond donors (Lipinski definition) is 1. The summed E-state index contributed by atoms with van der Waals surface area (Å²) in [7, 11) is 0. The highest BCUT2D eigenvalue weighted by Crippen LogP contribution is 2.19. The van der Waals surface area contributed by atoms with Crippen LogP contribution in [0.1, 0.15) is 19.0 Å². The topological polar surface area (TPSA) is 58.6 Å². The van der Waals surface area contributed by atoms with Crippen LogP contribution >= 0.6 is 27.3 Å². The Balaban J connectivity index is 2.53. The molecule has 2 heterocycles. The van der Waals surface area contributed by atoms with Crippen molar-refractivity contribution in [1.29, 1.82) is 0 Å². The molecular weight excluding hydrogens is 290 g/mol. The predicted molar refractivity (Wildman–Crippen MR) is 67.7 cm³/mol. The fourth-order valence-electron chi connectivity index (χ4n) is 1.35. The first-order valence-electron chi connectivity index (χ1n) is 4.91. The first-order valence-corrected chi connectivity index (χ1v) is 6.58. The Morgan fingerprint density at radius 3 is 3.00 bits per heavy atom. The summed E-state index contributed by atoms with van der Waals surface area (Å²) in [5, 5.41) is 2.60. The number of H-pyrrole nitrogens is 1. The lowest BCUT2D eigenvalue weighted by atomic mass is 10.2. The normalized spacial score (nSPS) is 10.6. The van der Waals surface area contributed by atoms with E-state index < -0.39 is 0 Å². The van der Waals surface area contributed by atoms with Gasteiger partial charge in [0.15, 0.2) is 10.8 Å². The molecule has 0 amide bonds. The van der Waals surface area contributed by atoms with E-state index in [1.807, 2.05) is 5.38 Å². The zero-order valence-corrected chi connectivity index (χ0v) is 11.1. The number of halogens is 1. The van der Waals surface area contributed by atoms with Crippen molar-refractivity contribution in [3.8, 4) is 10.8 Å². The molecule has 0 aliphatic heterocycles. The molecule has 0 unspecified atom stereocenters. The van der Waals surface area contributed by atoms with E-state index in [2.05, 4.69) is 37.8 Å². The van der Waals surface area contributed by atoms with Crippen molar-refractivity contribution in [1.82, 2.24) is 15.0 Å².